The Bertz CT molecular complexity index is 869. The summed E-state index contributed by atoms with van der Waals surface area (Å²) in [5.74, 6) is 0.348. The fraction of sp³-hybridized carbons (Fsp3) is 0.316. The molecule has 1 atom stereocenters. The Kier molecular flexibility index (Phi) is 7.59. The van der Waals surface area contributed by atoms with Crippen molar-refractivity contribution >= 4 is 45.0 Å². The average molecular weight is 427 g/mol. The van der Waals surface area contributed by atoms with Gasteiger partial charge >= 0.3 is 0 Å². The lowest BCUT2D eigenvalue weighted by Gasteiger charge is -2.28. The van der Waals surface area contributed by atoms with E-state index in [1.807, 2.05) is 31.2 Å². The largest absolute Gasteiger partial charge is 0.353 e. The van der Waals surface area contributed by atoms with Crippen molar-refractivity contribution in [1.82, 2.24) is 5.32 Å². The summed E-state index contributed by atoms with van der Waals surface area (Å²) < 4.78 is 25.5. The van der Waals surface area contributed by atoms with Crippen LogP contribution in [0.1, 0.15) is 12.5 Å². The summed E-state index contributed by atoms with van der Waals surface area (Å²) in [5, 5.41) is 3.30. The van der Waals surface area contributed by atoms with Gasteiger partial charge in [0.25, 0.3) is 0 Å². The van der Waals surface area contributed by atoms with Crippen LogP contribution >= 0.6 is 23.4 Å². The lowest BCUT2D eigenvalue weighted by Crippen LogP contribution is -2.48. The average Bonchev–Trinajstić information content (AvgIpc) is 2.60. The predicted octanol–water partition coefficient (Wildman–Crippen LogP) is 3.71. The number of sulfonamides is 1. The van der Waals surface area contributed by atoms with Crippen LogP contribution in [0.15, 0.2) is 53.4 Å². The van der Waals surface area contributed by atoms with Crippen LogP contribution in [0.3, 0.4) is 0 Å². The number of hydrogen-bond donors (Lipinski definition) is 1. The lowest BCUT2D eigenvalue weighted by molar-refractivity contribution is -0.121. The number of nitrogens with one attached hydrogen (secondary N) is 1. The summed E-state index contributed by atoms with van der Waals surface area (Å²) in [4.78, 5) is 13.6. The molecule has 2 aromatic rings. The van der Waals surface area contributed by atoms with Gasteiger partial charge < -0.3 is 5.32 Å². The zero-order chi connectivity index (χ0) is 20.0. The van der Waals surface area contributed by atoms with Crippen molar-refractivity contribution in [3.8, 4) is 0 Å². The van der Waals surface area contributed by atoms with Crippen molar-refractivity contribution in [3.05, 3.63) is 59.1 Å². The third kappa shape index (κ3) is 6.45. The van der Waals surface area contributed by atoms with Crippen LogP contribution in [0, 0.1) is 6.92 Å². The van der Waals surface area contributed by atoms with E-state index in [1.165, 1.54) is 5.56 Å². The highest BCUT2D eigenvalue weighted by atomic mass is 35.5. The Labute approximate surface area is 170 Å². The van der Waals surface area contributed by atoms with Crippen LogP contribution < -0.4 is 9.62 Å². The minimum absolute atomic E-state index is 0.347. The predicted molar refractivity (Wildman–Crippen MR) is 113 cm³/mol. The summed E-state index contributed by atoms with van der Waals surface area (Å²) in [6.45, 7) is 4.04. The van der Waals surface area contributed by atoms with Gasteiger partial charge in [-0.05, 0) is 50.2 Å². The van der Waals surface area contributed by atoms with Crippen molar-refractivity contribution in [1.29, 1.82) is 0 Å². The molecule has 0 aliphatic rings. The zero-order valence-corrected chi connectivity index (χ0v) is 17.9. The number of anilines is 1. The first kappa shape index (κ1) is 21.6. The quantitative estimate of drug-likeness (QED) is 0.516. The number of rotatable bonds is 8. The van der Waals surface area contributed by atoms with E-state index in [0.717, 1.165) is 15.5 Å². The van der Waals surface area contributed by atoms with Crippen LogP contribution in [-0.4, -0.2) is 38.9 Å². The first-order valence-corrected chi connectivity index (χ1v) is 11.6. The topological polar surface area (TPSA) is 66.5 Å². The summed E-state index contributed by atoms with van der Waals surface area (Å²) >= 11 is 7.50. The number of thioether (sulfide) groups is 1. The van der Waals surface area contributed by atoms with Gasteiger partial charge in [-0.3, -0.25) is 9.10 Å². The van der Waals surface area contributed by atoms with Crippen LogP contribution in [0.2, 0.25) is 5.02 Å². The monoisotopic (exact) mass is 426 g/mol. The van der Waals surface area contributed by atoms with Gasteiger partial charge in [-0.25, -0.2) is 8.42 Å². The number of carbonyl (C=O) groups is 1. The Morgan fingerprint density at radius 1 is 1.15 bits per heavy atom. The van der Waals surface area contributed by atoms with Crippen molar-refractivity contribution in [2.75, 3.05) is 22.9 Å². The number of nitrogens with zero attached hydrogens (tertiary/aromatic N) is 1. The van der Waals surface area contributed by atoms with Crippen molar-refractivity contribution in [2.45, 2.75) is 24.8 Å². The molecule has 0 saturated heterocycles. The highest BCUT2D eigenvalue weighted by Crippen LogP contribution is 2.23. The van der Waals surface area contributed by atoms with E-state index in [4.69, 9.17) is 11.6 Å². The van der Waals surface area contributed by atoms with Gasteiger partial charge in [-0.15, -0.1) is 11.8 Å². The Balaban J connectivity index is 1.96. The summed E-state index contributed by atoms with van der Waals surface area (Å²) in [5.41, 5.74) is 1.60. The number of benzene rings is 2. The maximum Gasteiger partial charge on any atom is 0.243 e. The van der Waals surface area contributed by atoms with Crippen molar-refractivity contribution < 1.29 is 13.2 Å². The highest BCUT2D eigenvalue weighted by Gasteiger charge is 2.28. The number of carbonyl (C=O) groups excluding carboxylic acids is 1. The molecule has 8 heteroatoms. The molecule has 2 rings (SSSR count). The molecule has 1 amide bonds. The molecular weight excluding hydrogens is 404 g/mol. The van der Waals surface area contributed by atoms with Gasteiger partial charge in [0.15, 0.2) is 0 Å². The molecule has 0 aliphatic carbocycles. The molecule has 0 bridgehead atoms. The van der Waals surface area contributed by atoms with Crippen LogP contribution in [0.25, 0.3) is 0 Å². The first-order chi connectivity index (χ1) is 12.7. The minimum atomic E-state index is -3.63. The molecule has 5 nitrogen and oxygen atoms in total. The van der Waals surface area contributed by atoms with Gasteiger partial charge in [0.1, 0.15) is 6.04 Å². The van der Waals surface area contributed by atoms with Gasteiger partial charge in [-0.2, -0.15) is 0 Å². The second-order valence-electron chi connectivity index (χ2n) is 6.16. The molecule has 27 heavy (non-hydrogen) atoms. The van der Waals surface area contributed by atoms with Gasteiger partial charge in [0.2, 0.25) is 15.9 Å². The molecule has 0 unspecified atom stereocenters. The number of amides is 1. The minimum Gasteiger partial charge on any atom is -0.353 e. The number of hydrogen-bond acceptors (Lipinski definition) is 4. The third-order valence-electron chi connectivity index (χ3n) is 3.86. The molecule has 146 valence electrons. The fourth-order valence-corrected chi connectivity index (χ4v) is 4.59. The molecule has 0 aliphatic heterocycles. The molecule has 0 spiro atoms. The first-order valence-electron chi connectivity index (χ1n) is 8.40. The van der Waals surface area contributed by atoms with E-state index in [2.05, 4.69) is 5.32 Å². The van der Waals surface area contributed by atoms with E-state index in [-0.39, 0.29) is 5.91 Å². The normalized spacial score (nSPS) is 12.4. The summed E-state index contributed by atoms with van der Waals surface area (Å²) in [6, 6.07) is 13.6. The second kappa shape index (κ2) is 9.48. The number of halogens is 1. The third-order valence-corrected chi connectivity index (χ3v) is 6.37. The maximum absolute atomic E-state index is 12.5. The molecule has 0 fully saturated rings. The maximum atomic E-state index is 12.5. The Morgan fingerprint density at radius 2 is 1.74 bits per heavy atom. The van der Waals surface area contributed by atoms with E-state index >= 15 is 0 Å². The molecule has 1 N–H and O–H groups in total. The fourth-order valence-electron chi connectivity index (χ4n) is 2.52. The lowest BCUT2D eigenvalue weighted by atomic mass is 10.2. The van der Waals surface area contributed by atoms with E-state index in [9.17, 15) is 13.2 Å². The van der Waals surface area contributed by atoms with Crippen molar-refractivity contribution in [2.24, 2.45) is 0 Å². The number of aryl methyl sites for hydroxylation is 1. The van der Waals surface area contributed by atoms with Crippen LogP contribution in [0.5, 0.6) is 0 Å². The second-order valence-corrected chi connectivity index (χ2v) is 9.63. The summed E-state index contributed by atoms with van der Waals surface area (Å²) in [7, 11) is -3.63. The molecule has 0 heterocycles. The molecular formula is C19H23ClN2O3S2. The SMILES string of the molecule is Cc1ccc(SCCNC(=O)[C@H](C)N(c2ccc(Cl)cc2)S(C)(=O)=O)cc1. The van der Waals surface area contributed by atoms with Crippen LogP contribution in [0.4, 0.5) is 5.69 Å². The molecule has 0 radical (unpaired) electrons. The Hall–Kier alpha value is -1.70. The van der Waals surface area contributed by atoms with Gasteiger partial charge in [0.05, 0.1) is 11.9 Å². The van der Waals surface area contributed by atoms with E-state index in [1.54, 1.807) is 43.0 Å². The van der Waals surface area contributed by atoms with Crippen molar-refractivity contribution in [3.63, 3.8) is 0 Å². The highest BCUT2D eigenvalue weighted by molar-refractivity contribution is 7.99. The van der Waals surface area contributed by atoms with Crippen LogP contribution in [-0.2, 0) is 14.8 Å². The standard InChI is InChI=1S/C19H23ClN2O3S2/c1-14-4-10-18(11-5-14)26-13-12-21-19(23)15(2)22(27(3,24)25)17-8-6-16(20)7-9-17/h4-11,15H,12-13H2,1-3H3,(H,21,23)/t15-/m0/s1. The van der Waals surface area contributed by atoms with E-state index in [0.29, 0.717) is 23.0 Å². The molecule has 0 aromatic heterocycles. The molecule has 2 aromatic carbocycles. The molecule has 0 saturated carbocycles. The Morgan fingerprint density at radius 3 is 2.30 bits per heavy atom. The van der Waals surface area contributed by atoms with Gasteiger partial charge in [0, 0.05) is 22.2 Å². The van der Waals surface area contributed by atoms with E-state index < -0.39 is 16.1 Å². The van der Waals surface area contributed by atoms with Gasteiger partial charge in [-0.1, -0.05) is 29.3 Å². The zero-order valence-electron chi connectivity index (χ0n) is 15.5. The smallest absolute Gasteiger partial charge is 0.243 e. The summed E-state index contributed by atoms with van der Waals surface area (Å²) in [6.07, 6.45) is 1.08.